The lowest BCUT2D eigenvalue weighted by molar-refractivity contribution is -0.130. The van der Waals surface area contributed by atoms with E-state index in [9.17, 15) is 14.0 Å². The number of nitrogens with zero attached hydrogens (tertiary/aromatic N) is 2. The number of benzene rings is 1. The smallest absolute Gasteiger partial charge is 0.254 e. The SMILES string of the molecule is CSc1nc(C)c(CCC(=O)N(C)Cc2c(F)cccc2Cl)c(=O)[nH]1. The van der Waals surface area contributed by atoms with Crippen LogP contribution in [0.1, 0.15) is 23.2 Å². The third-order valence-electron chi connectivity index (χ3n) is 3.87. The van der Waals surface area contributed by atoms with Crippen molar-refractivity contribution in [1.82, 2.24) is 14.9 Å². The first-order valence-electron chi connectivity index (χ1n) is 7.64. The van der Waals surface area contributed by atoms with Crippen molar-refractivity contribution in [2.75, 3.05) is 13.3 Å². The van der Waals surface area contributed by atoms with Crippen molar-refractivity contribution >= 4 is 29.3 Å². The Labute approximate surface area is 154 Å². The second-order valence-electron chi connectivity index (χ2n) is 5.59. The summed E-state index contributed by atoms with van der Waals surface area (Å²) in [6.45, 7) is 1.82. The van der Waals surface area contributed by atoms with E-state index in [1.54, 1.807) is 20.0 Å². The van der Waals surface area contributed by atoms with Crippen LogP contribution in [0.15, 0.2) is 28.2 Å². The summed E-state index contributed by atoms with van der Waals surface area (Å²) < 4.78 is 13.8. The van der Waals surface area contributed by atoms with Crippen LogP contribution in [0.3, 0.4) is 0 Å². The van der Waals surface area contributed by atoms with Gasteiger partial charge in [-0.2, -0.15) is 0 Å². The van der Waals surface area contributed by atoms with Crippen molar-refractivity contribution in [1.29, 1.82) is 0 Å². The Balaban J connectivity index is 2.04. The van der Waals surface area contributed by atoms with E-state index < -0.39 is 5.82 Å². The van der Waals surface area contributed by atoms with E-state index in [0.29, 0.717) is 16.4 Å². The van der Waals surface area contributed by atoms with Crippen LogP contribution in [0.4, 0.5) is 4.39 Å². The number of rotatable bonds is 6. The first kappa shape index (κ1) is 19.5. The Kier molecular flexibility index (Phi) is 6.61. The summed E-state index contributed by atoms with van der Waals surface area (Å²) in [6.07, 6.45) is 2.23. The molecule has 1 heterocycles. The molecule has 25 heavy (non-hydrogen) atoms. The first-order valence-corrected chi connectivity index (χ1v) is 9.24. The molecule has 2 rings (SSSR count). The Morgan fingerprint density at radius 1 is 1.40 bits per heavy atom. The largest absolute Gasteiger partial charge is 0.341 e. The molecule has 0 aliphatic heterocycles. The van der Waals surface area contributed by atoms with Crippen LogP contribution in [-0.2, 0) is 17.8 Å². The van der Waals surface area contributed by atoms with Crippen LogP contribution < -0.4 is 5.56 Å². The summed E-state index contributed by atoms with van der Waals surface area (Å²) in [5.74, 6) is -0.650. The maximum atomic E-state index is 13.8. The molecule has 1 amide bonds. The average molecular weight is 384 g/mol. The molecule has 0 atom stereocenters. The number of halogens is 2. The highest BCUT2D eigenvalue weighted by Crippen LogP contribution is 2.20. The lowest BCUT2D eigenvalue weighted by atomic mass is 10.1. The zero-order valence-electron chi connectivity index (χ0n) is 14.2. The van der Waals surface area contributed by atoms with Crippen LogP contribution in [0, 0.1) is 12.7 Å². The van der Waals surface area contributed by atoms with Gasteiger partial charge in [0.15, 0.2) is 5.16 Å². The fourth-order valence-electron chi connectivity index (χ4n) is 2.41. The van der Waals surface area contributed by atoms with Crippen LogP contribution >= 0.6 is 23.4 Å². The van der Waals surface area contributed by atoms with E-state index in [0.717, 1.165) is 0 Å². The van der Waals surface area contributed by atoms with E-state index in [4.69, 9.17) is 11.6 Å². The highest BCUT2D eigenvalue weighted by atomic mass is 35.5. The van der Waals surface area contributed by atoms with Gasteiger partial charge in [0.05, 0.1) is 0 Å². The molecule has 0 aliphatic carbocycles. The van der Waals surface area contributed by atoms with E-state index >= 15 is 0 Å². The molecule has 0 saturated heterocycles. The summed E-state index contributed by atoms with van der Waals surface area (Å²) in [6, 6.07) is 4.41. The fourth-order valence-corrected chi connectivity index (χ4v) is 3.05. The molecule has 5 nitrogen and oxygen atoms in total. The van der Waals surface area contributed by atoms with Gasteiger partial charge in [-0.3, -0.25) is 9.59 Å². The molecule has 134 valence electrons. The van der Waals surface area contributed by atoms with E-state index in [1.165, 1.54) is 28.8 Å². The van der Waals surface area contributed by atoms with Gasteiger partial charge in [-0.15, -0.1) is 0 Å². The molecule has 0 radical (unpaired) electrons. The number of nitrogens with one attached hydrogen (secondary N) is 1. The van der Waals surface area contributed by atoms with Crippen LogP contribution in [0.2, 0.25) is 5.02 Å². The topological polar surface area (TPSA) is 66.1 Å². The molecule has 1 aromatic carbocycles. The third kappa shape index (κ3) is 4.83. The molecule has 0 unspecified atom stereocenters. The predicted octanol–water partition coefficient (Wildman–Crippen LogP) is 3.18. The summed E-state index contributed by atoms with van der Waals surface area (Å²) in [5.41, 5.74) is 1.15. The molecule has 1 aromatic heterocycles. The summed E-state index contributed by atoms with van der Waals surface area (Å²) in [5, 5.41) is 0.827. The molecule has 8 heteroatoms. The summed E-state index contributed by atoms with van der Waals surface area (Å²) in [7, 11) is 1.58. The molecule has 0 aliphatic rings. The minimum atomic E-state index is -0.448. The fraction of sp³-hybridized carbons (Fsp3) is 0.353. The minimum Gasteiger partial charge on any atom is -0.341 e. The highest BCUT2D eigenvalue weighted by molar-refractivity contribution is 7.98. The van der Waals surface area contributed by atoms with Crippen molar-refractivity contribution in [3.63, 3.8) is 0 Å². The number of carbonyl (C=O) groups is 1. The van der Waals surface area contributed by atoms with Gasteiger partial charge in [0.2, 0.25) is 5.91 Å². The van der Waals surface area contributed by atoms with Crippen molar-refractivity contribution < 1.29 is 9.18 Å². The van der Waals surface area contributed by atoms with Crippen molar-refractivity contribution in [3.05, 3.63) is 56.2 Å². The molecule has 1 N–H and O–H groups in total. The van der Waals surface area contributed by atoms with Crippen molar-refractivity contribution in [2.45, 2.75) is 31.5 Å². The van der Waals surface area contributed by atoms with E-state index in [-0.39, 0.29) is 41.4 Å². The van der Waals surface area contributed by atoms with Crippen LogP contribution in [-0.4, -0.2) is 34.1 Å². The number of thioether (sulfide) groups is 1. The second kappa shape index (κ2) is 8.49. The summed E-state index contributed by atoms with van der Waals surface area (Å²) >= 11 is 7.34. The quantitative estimate of drug-likeness (QED) is 0.614. The number of carbonyl (C=O) groups excluding carboxylic acids is 1. The van der Waals surface area contributed by atoms with Crippen molar-refractivity contribution in [3.8, 4) is 0 Å². The standard InChI is InChI=1S/C17H19ClFN3O2S/c1-10-11(16(24)21-17(20-10)25-3)7-8-15(23)22(2)9-12-13(18)5-4-6-14(12)19/h4-6H,7-9H2,1-3H3,(H,20,21,24). The molecular weight excluding hydrogens is 365 g/mol. The Morgan fingerprint density at radius 3 is 2.72 bits per heavy atom. The maximum Gasteiger partial charge on any atom is 0.254 e. The maximum absolute atomic E-state index is 13.8. The van der Waals surface area contributed by atoms with Gasteiger partial charge in [0, 0.05) is 41.9 Å². The Hall–Kier alpha value is -1.86. The first-order chi connectivity index (χ1) is 11.8. The highest BCUT2D eigenvalue weighted by Gasteiger charge is 2.16. The molecule has 0 bridgehead atoms. The van der Waals surface area contributed by atoms with Gasteiger partial charge in [0.1, 0.15) is 5.82 Å². The van der Waals surface area contributed by atoms with Crippen LogP contribution in [0.25, 0.3) is 0 Å². The lowest BCUT2D eigenvalue weighted by Crippen LogP contribution is -2.28. The number of aromatic nitrogens is 2. The normalized spacial score (nSPS) is 10.8. The monoisotopic (exact) mass is 383 g/mol. The second-order valence-corrected chi connectivity index (χ2v) is 6.79. The van der Waals surface area contributed by atoms with Gasteiger partial charge < -0.3 is 9.88 Å². The van der Waals surface area contributed by atoms with Gasteiger partial charge in [-0.05, 0) is 31.7 Å². The lowest BCUT2D eigenvalue weighted by Gasteiger charge is -2.18. The van der Waals surface area contributed by atoms with Gasteiger partial charge in [0.25, 0.3) is 5.56 Å². The van der Waals surface area contributed by atoms with Gasteiger partial charge in [-0.25, -0.2) is 9.37 Å². The molecule has 0 saturated carbocycles. The average Bonchev–Trinajstić information content (AvgIpc) is 2.56. The number of aromatic amines is 1. The number of aryl methyl sites for hydroxylation is 1. The number of hydrogen-bond donors (Lipinski definition) is 1. The van der Waals surface area contributed by atoms with Gasteiger partial charge >= 0.3 is 0 Å². The Bertz CT molecular complexity index is 821. The Morgan fingerprint density at radius 2 is 2.12 bits per heavy atom. The zero-order valence-corrected chi connectivity index (χ0v) is 15.8. The van der Waals surface area contributed by atoms with E-state index in [2.05, 4.69) is 9.97 Å². The molecule has 0 spiro atoms. The molecule has 2 aromatic rings. The van der Waals surface area contributed by atoms with E-state index in [1.807, 2.05) is 6.26 Å². The number of amides is 1. The minimum absolute atomic E-state index is 0.0728. The number of H-pyrrole nitrogens is 1. The molecule has 0 fully saturated rings. The third-order valence-corrected chi connectivity index (χ3v) is 4.80. The van der Waals surface area contributed by atoms with Crippen LogP contribution in [0.5, 0.6) is 0 Å². The van der Waals surface area contributed by atoms with Gasteiger partial charge in [-0.1, -0.05) is 29.4 Å². The predicted molar refractivity (Wildman–Crippen MR) is 97.6 cm³/mol. The molecular formula is C17H19ClFN3O2S. The summed E-state index contributed by atoms with van der Waals surface area (Å²) in [4.78, 5) is 32.8. The number of hydrogen-bond acceptors (Lipinski definition) is 4. The zero-order chi connectivity index (χ0) is 18.6. The van der Waals surface area contributed by atoms with Crippen molar-refractivity contribution in [2.24, 2.45) is 0 Å².